The predicted molar refractivity (Wildman–Crippen MR) is 54.5 cm³/mol. The van der Waals surface area contributed by atoms with Crippen molar-refractivity contribution < 1.29 is 9.53 Å². The second-order valence-corrected chi connectivity index (χ2v) is 3.61. The fourth-order valence-corrected chi connectivity index (χ4v) is 1.15. The first kappa shape index (κ1) is 13.0. The zero-order chi connectivity index (χ0) is 10.8. The van der Waals surface area contributed by atoms with Crippen molar-refractivity contribution in [2.75, 3.05) is 0 Å². The summed E-state index contributed by atoms with van der Waals surface area (Å²) in [5.74, 6) is -0.111. The van der Waals surface area contributed by atoms with Gasteiger partial charge in [-0.05, 0) is 26.7 Å². The Balaban J connectivity index is 3.20. The zero-order valence-electron chi connectivity index (χ0n) is 9.08. The van der Waals surface area contributed by atoms with E-state index in [1.807, 2.05) is 13.8 Å². The van der Waals surface area contributed by atoms with Gasteiger partial charge < -0.3 is 4.74 Å². The minimum atomic E-state index is -0.111. The smallest absolute Gasteiger partial charge is 0.306 e. The summed E-state index contributed by atoms with van der Waals surface area (Å²) in [7, 11) is 0. The molecule has 14 heavy (non-hydrogen) atoms. The van der Waals surface area contributed by atoms with E-state index in [1.165, 1.54) is 0 Å². The molecule has 0 aliphatic heterocycles. The minimum Gasteiger partial charge on any atom is -0.463 e. The van der Waals surface area contributed by atoms with Crippen LogP contribution >= 0.6 is 0 Å². The Morgan fingerprint density at radius 3 is 2.50 bits per heavy atom. The van der Waals surface area contributed by atoms with Gasteiger partial charge in [-0.2, -0.15) is 5.26 Å². The third kappa shape index (κ3) is 9.05. The van der Waals surface area contributed by atoms with E-state index in [4.69, 9.17) is 10.00 Å². The largest absolute Gasteiger partial charge is 0.463 e. The summed E-state index contributed by atoms with van der Waals surface area (Å²) >= 11 is 0. The van der Waals surface area contributed by atoms with E-state index in [0.717, 1.165) is 25.7 Å². The van der Waals surface area contributed by atoms with Crippen LogP contribution in [0.5, 0.6) is 0 Å². The molecule has 0 saturated heterocycles. The lowest BCUT2D eigenvalue weighted by molar-refractivity contribution is -0.147. The Kier molecular flexibility index (Phi) is 7.92. The number of nitriles is 1. The van der Waals surface area contributed by atoms with Crippen molar-refractivity contribution in [3.63, 3.8) is 0 Å². The highest BCUT2D eigenvalue weighted by atomic mass is 16.5. The average Bonchev–Trinajstić information content (AvgIpc) is 2.10. The molecule has 0 aromatic carbocycles. The van der Waals surface area contributed by atoms with Crippen molar-refractivity contribution in [3.8, 4) is 6.07 Å². The first-order valence-corrected chi connectivity index (χ1v) is 5.23. The molecule has 0 amide bonds. The van der Waals surface area contributed by atoms with Crippen LogP contribution in [0.2, 0.25) is 0 Å². The lowest BCUT2D eigenvalue weighted by atomic mass is 10.1. The molecular weight excluding hydrogens is 178 g/mol. The fraction of sp³-hybridized carbons (Fsp3) is 0.818. The number of ether oxygens (including phenoxy) is 1. The van der Waals surface area contributed by atoms with E-state index in [1.54, 1.807) is 0 Å². The lowest BCUT2D eigenvalue weighted by Crippen LogP contribution is -2.10. The topological polar surface area (TPSA) is 50.1 Å². The highest BCUT2D eigenvalue weighted by Crippen LogP contribution is 2.06. The van der Waals surface area contributed by atoms with Crippen molar-refractivity contribution >= 4 is 5.97 Å². The SMILES string of the molecule is CC(C)OC(=O)CCCCCCC#N. The van der Waals surface area contributed by atoms with Crippen LogP contribution in [0, 0.1) is 11.3 Å². The number of carbonyl (C=O) groups is 1. The zero-order valence-corrected chi connectivity index (χ0v) is 9.08. The van der Waals surface area contributed by atoms with Crippen LogP contribution in [-0.4, -0.2) is 12.1 Å². The summed E-state index contributed by atoms with van der Waals surface area (Å²) in [4.78, 5) is 11.1. The molecule has 0 unspecified atom stereocenters. The number of carbonyl (C=O) groups excluding carboxylic acids is 1. The summed E-state index contributed by atoms with van der Waals surface area (Å²) in [6.45, 7) is 3.70. The number of esters is 1. The maximum Gasteiger partial charge on any atom is 0.306 e. The monoisotopic (exact) mass is 197 g/mol. The Bertz CT molecular complexity index is 194. The van der Waals surface area contributed by atoms with Crippen molar-refractivity contribution in [2.24, 2.45) is 0 Å². The van der Waals surface area contributed by atoms with Crippen LogP contribution in [0.4, 0.5) is 0 Å². The molecule has 0 rings (SSSR count). The van der Waals surface area contributed by atoms with Gasteiger partial charge in [-0.15, -0.1) is 0 Å². The third-order valence-corrected chi connectivity index (χ3v) is 1.79. The third-order valence-electron chi connectivity index (χ3n) is 1.79. The van der Waals surface area contributed by atoms with Crippen LogP contribution in [0.3, 0.4) is 0 Å². The molecule has 80 valence electrons. The van der Waals surface area contributed by atoms with Gasteiger partial charge in [0, 0.05) is 12.8 Å². The molecule has 0 saturated carbocycles. The molecular formula is C11H19NO2. The van der Waals surface area contributed by atoms with E-state index >= 15 is 0 Å². The summed E-state index contributed by atoms with van der Waals surface area (Å²) in [5, 5.41) is 8.29. The summed E-state index contributed by atoms with van der Waals surface area (Å²) in [6.07, 6.45) is 4.96. The molecule has 0 aromatic heterocycles. The summed E-state index contributed by atoms with van der Waals surface area (Å²) < 4.78 is 4.99. The molecule has 3 heteroatoms. The van der Waals surface area contributed by atoms with E-state index < -0.39 is 0 Å². The second kappa shape index (κ2) is 8.55. The van der Waals surface area contributed by atoms with E-state index in [0.29, 0.717) is 12.8 Å². The second-order valence-electron chi connectivity index (χ2n) is 3.61. The molecule has 0 aliphatic rings. The summed E-state index contributed by atoms with van der Waals surface area (Å²) in [6, 6.07) is 2.10. The molecule has 0 radical (unpaired) electrons. The van der Waals surface area contributed by atoms with Crippen LogP contribution in [0.25, 0.3) is 0 Å². The molecule has 3 nitrogen and oxygen atoms in total. The molecule has 0 fully saturated rings. The van der Waals surface area contributed by atoms with Gasteiger partial charge in [-0.1, -0.05) is 12.8 Å². The van der Waals surface area contributed by atoms with Gasteiger partial charge in [0.25, 0.3) is 0 Å². The summed E-state index contributed by atoms with van der Waals surface area (Å²) in [5.41, 5.74) is 0. The highest BCUT2D eigenvalue weighted by molar-refractivity contribution is 5.69. The Morgan fingerprint density at radius 1 is 1.29 bits per heavy atom. The van der Waals surface area contributed by atoms with Gasteiger partial charge in [-0.3, -0.25) is 4.79 Å². The molecule has 0 aliphatic carbocycles. The molecule has 0 N–H and O–H groups in total. The van der Waals surface area contributed by atoms with Crippen LogP contribution < -0.4 is 0 Å². The van der Waals surface area contributed by atoms with Crippen LogP contribution in [0.15, 0.2) is 0 Å². The van der Waals surface area contributed by atoms with Gasteiger partial charge in [-0.25, -0.2) is 0 Å². The fourth-order valence-electron chi connectivity index (χ4n) is 1.15. The average molecular weight is 197 g/mol. The van der Waals surface area contributed by atoms with Crippen molar-refractivity contribution in [1.29, 1.82) is 5.26 Å². The predicted octanol–water partition coefficient (Wildman–Crippen LogP) is 2.80. The van der Waals surface area contributed by atoms with E-state index in [-0.39, 0.29) is 12.1 Å². The molecule has 0 atom stereocenters. The van der Waals surface area contributed by atoms with Crippen LogP contribution in [0.1, 0.15) is 52.4 Å². The van der Waals surface area contributed by atoms with Gasteiger partial charge in [0.05, 0.1) is 12.2 Å². The quantitative estimate of drug-likeness (QED) is 0.466. The Morgan fingerprint density at radius 2 is 1.93 bits per heavy atom. The van der Waals surface area contributed by atoms with Crippen molar-refractivity contribution in [3.05, 3.63) is 0 Å². The first-order chi connectivity index (χ1) is 6.66. The first-order valence-electron chi connectivity index (χ1n) is 5.23. The van der Waals surface area contributed by atoms with Gasteiger partial charge in [0.1, 0.15) is 0 Å². The van der Waals surface area contributed by atoms with Crippen molar-refractivity contribution in [1.82, 2.24) is 0 Å². The number of rotatable bonds is 7. The Hall–Kier alpha value is -1.04. The maximum atomic E-state index is 11.1. The highest BCUT2D eigenvalue weighted by Gasteiger charge is 2.04. The standard InChI is InChI=1S/C11H19NO2/c1-10(2)14-11(13)8-6-4-3-5-7-9-12/h10H,3-8H2,1-2H3. The van der Waals surface area contributed by atoms with E-state index in [9.17, 15) is 4.79 Å². The number of hydrogen-bond acceptors (Lipinski definition) is 3. The number of nitrogens with zero attached hydrogens (tertiary/aromatic N) is 1. The molecule has 0 bridgehead atoms. The number of unbranched alkanes of at least 4 members (excludes halogenated alkanes) is 4. The maximum absolute atomic E-state index is 11.1. The molecule has 0 aromatic rings. The van der Waals surface area contributed by atoms with Gasteiger partial charge >= 0.3 is 5.97 Å². The van der Waals surface area contributed by atoms with Gasteiger partial charge in [0.2, 0.25) is 0 Å². The lowest BCUT2D eigenvalue weighted by Gasteiger charge is -2.06. The van der Waals surface area contributed by atoms with Gasteiger partial charge in [0.15, 0.2) is 0 Å². The molecule has 0 spiro atoms. The normalized spacial score (nSPS) is 9.86. The Labute approximate surface area is 86.1 Å². The van der Waals surface area contributed by atoms with E-state index in [2.05, 4.69) is 6.07 Å². The number of hydrogen-bond donors (Lipinski definition) is 0. The van der Waals surface area contributed by atoms with Crippen LogP contribution in [-0.2, 0) is 9.53 Å². The minimum absolute atomic E-state index is 0.0129. The molecule has 0 heterocycles. The van der Waals surface area contributed by atoms with Crippen molar-refractivity contribution in [2.45, 2.75) is 58.5 Å².